The van der Waals surface area contributed by atoms with Gasteiger partial charge in [0, 0.05) is 23.6 Å². The SMILES string of the molecule is CSC1(CNC(=O)CCCCCl)CCCC1. The second kappa shape index (κ2) is 7.44. The van der Waals surface area contributed by atoms with E-state index < -0.39 is 0 Å². The minimum Gasteiger partial charge on any atom is -0.355 e. The summed E-state index contributed by atoms with van der Waals surface area (Å²) in [5, 5.41) is 3.07. The van der Waals surface area contributed by atoms with Gasteiger partial charge in [0.2, 0.25) is 5.91 Å². The Morgan fingerprint density at radius 3 is 2.62 bits per heavy atom. The first-order valence-corrected chi connectivity index (χ1v) is 7.86. The van der Waals surface area contributed by atoms with Crippen LogP contribution in [-0.4, -0.2) is 29.3 Å². The van der Waals surface area contributed by atoms with Crippen LogP contribution >= 0.6 is 23.4 Å². The second-order valence-corrected chi connectivity index (χ2v) is 6.17. The molecule has 0 aromatic heterocycles. The number of thioether (sulfide) groups is 1. The van der Waals surface area contributed by atoms with Crippen molar-refractivity contribution in [2.45, 2.75) is 49.7 Å². The van der Waals surface area contributed by atoms with Crippen LogP contribution in [0.15, 0.2) is 0 Å². The minimum atomic E-state index is 0.186. The molecular weight excluding hydrogens is 242 g/mol. The third kappa shape index (κ3) is 4.54. The number of amides is 1. The van der Waals surface area contributed by atoms with Crippen LogP contribution in [0.2, 0.25) is 0 Å². The first-order valence-electron chi connectivity index (χ1n) is 6.10. The molecule has 1 aliphatic rings. The maximum atomic E-state index is 11.6. The number of alkyl halides is 1. The Morgan fingerprint density at radius 1 is 1.38 bits per heavy atom. The Labute approximate surface area is 108 Å². The normalized spacial score (nSPS) is 18.6. The van der Waals surface area contributed by atoms with Gasteiger partial charge in [0.1, 0.15) is 0 Å². The Balaban J connectivity index is 2.19. The van der Waals surface area contributed by atoms with Gasteiger partial charge in [0.25, 0.3) is 0 Å². The van der Waals surface area contributed by atoms with E-state index in [0.29, 0.717) is 17.0 Å². The molecule has 16 heavy (non-hydrogen) atoms. The molecule has 4 heteroatoms. The molecule has 0 aliphatic heterocycles. The average Bonchev–Trinajstić information content (AvgIpc) is 2.76. The van der Waals surface area contributed by atoms with Gasteiger partial charge in [-0.15, -0.1) is 11.6 Å². The van der Waals surface area contributed by atoms with Crippen LogP contribution < -0.4 is 5.32 Å². The van der Waals surface area contributed by atoms with Crippen LogP contribution in [-0.2, 0) is 4.79 Å². The molecule has 2 nitrogen and oxygen atoms in total. The van der Waals surface area contributed by atoms with Gasteiger partial charge in [-0.3, -0.25) is 4.79 Å². The van der Waals surface area contributed by atoms with Crippen LogP contribution in [0, 0.1) is 0 Å². The van der Waals surface area contributed by atoms with E-state index in [1.807, 2.05) is 11.8 Å². The molecule has 0 aromatic rings. The lowest BCUT2D eigenvalue weighted by Gasteiger charge is -2.26. The third-order valence-corrected chi connectivity index (χ3v) is 5.03. The lowest BCUT2D eigenvalue weighted by molar-refractivity contribution is -0.121. The summed E-state index contributed by atoms with van der Waals surface area (Å²) in [6.07, 6.45) is 9.73. The second-order valence-electron chi connectivity index (χ2n) is 4.52. The van der Waals surface area contributed by atoms with Gasteiger partial charge in [0.15, 0.2) is 0 Å². The molecule has 0 bridgehead atoms. The van der Waals surface area contributed by atoms with Crippen molar-refractivity contribution in [2.75, 3.05) is 18.7 Å². The number of unbranched alkanes of at least 4 members (excludes halogenated alkanes) is 1. The number of hydrogen-bond donors (Lipinski definition) is 1. The number of carbonyl (C=O) groups excluding carboxylic acids is 1. The van der Waals surface area contributed by atoms with E-state index in [4.69, 9.17) is 11.6 Å². The number of rotatable bonds is 7. The number of nitrogens with one attached hydrogen (secondary N) is 1. The predicted molar refractivity (Wildman–Crippen MR) is 72.3 cm³/mol. The monoisotopic (exact) mass is 263 g/mol. The molecule has 0 aromatic carbocycles. The third-order valence-electron chi connectivity index (χ3n) is 3.34. The van der Waals surface area contributed by atoms with E-state index in [2.05, 4.69) is 11.6 Å². The zero-order valence-electron chi connectivity index (χ0n) is 10.1. The van der Waals surface area contributed by atoms with E-state index in [1.165, 1.54) is 25.7 Å². The lowest BCUT2D eigenvalue weighted by atomic mass is 10.1. The van der Waals surface area contributed by atoms with E-state index in [9.17, 15) is 4.79 Å². The molecule has 1 saturated carbocycles. The van der Waals surface area contributed by atoms with Gasteiger partial charge < -0.3 is 5.32 Å². The topological polar surface area (TPSA) is 29.1 Å². The maximum absolute atomic E-state index is 11.6. The summed E-state index contributed by atoms with van der Waals surface area (Å²) in [7, 11) is 0. The van der Waals surface area contributed by atoms with E-state index in [1.54, 1.807) is 0 Å². The minimum absolute atomic E-state index is 0.186. The maximum Gasteiger partial charge on any atom is 0.220 e. The highest BCUT2D eigenvalue weighted by atomic mass is 35.5. The van der Waals surface area contributed by atoms with Crippen molar-refractivity contribution >= 4 is 29.3 Å². The fourth-order valence-corrected chi connectivity index (χ4v) is 3.30. The average molecular weight is 264 g/mol. The molecule has 0 saturated heterocycles. The van der Waals surface area contributed by atoms with E-state index in [0.717, 1.165) is 19.4 Å². The van der Waals surface area contributed by atoms with Gasteiger partial charge in [0.05, 0.1) is 0 Å². The molecule has 1 N–H and O–H groups in total. The Morgan fingerprint density at radius 2 is 2.06 bits per heavy atom. The van der Waals surface area contributed by atoms with Crippen LogP contribution in [0.1, 0.15) is 44.9 Å². The molecule has 0 unspecified atom stereocenters. The molecule has 1 amide bonds. The summed E-state index contributed by atoms with van der Waals surface area (Å²) in [4.78, 5) is 11.6. The fourth-order valence-electron chi connectivity index (χ4n) is 2.20. The number of hydrogen-bond acceptors (Lipinski definition) is 2. The Kier molecular flexibility index (Phi) is 6.59. The fraction of sp³-hybridized carbons (Fsp3) is 0.917. The molecule has 0 spiro atoms. The molecule has 0 radical (unpaired) electrons. The summed E-state index contributed by atoms with van der Waals surface area (Å²) in [6.45, 7) is 0.841. The van der Waals surface area contributed by atoms with Gasteiger partial charge >= 0.3 is 0 Å². The van der Waals surface area contributed by atoms with Crippen LogP contribution in [0.4, 0.5) is 0 Å². The molecule has 1 aliphatic carbocycles. The molecular formula is C12H22ClNOS. The van der Waals surface area contributed by atoms with Crippen LogP contribution in [0.25, 0.3) is 0 Å². The van der Waals surface area contributed by atoms with Crippen molar-refractivity contribution < 1.29 is 4.79 Å². The van der Waals surface area contributed by atoms with Crippen LogP contribution in [0.3, 0.4) is 0 Å². The Hall–Kier alpha value is 0.110. The Bertz CT molecular complexity index is 217. The quantitative estimate of drug-likeness (QED) is 0.565. The molecule has 1 rings (SSSR count). The van der Waals surface area contributed by atoms with Crippen molar-refractivity contribution in [3.05, 3.63) is 0 Å². The lowest BCUT2D eigenvalue weighted by Crippen LogP contribution is -2.38. The van der Waals surface area contributed by atoms with Gasteiger partial charge in [-0.2, -0.15) is 11.8 Å². The molecule has 94 valence electrons. The summed E-state index contributed by atoms with van der Waals surface area (Å²) >= 11 is 7.49. The van der Waals surface area contributed by atoms with Crippen LogP contribution in [0.5, 0.6) is 0 Å². The first-order chi connectivity index (χ1) is 7.72. The predicted octanol–water partition coefficient (Wildman–Crippen LogP) is 3.19. The first kappa shape index (κ1) is 14.2. The van der Waals surface area contributed by atoms with Gasteiger partial charge in [-0.25, -0.2) is 0 Å². The van der Waals surface area contributed by atoms with E-state index in [-0.39, 0.29) is 5.91 Å². The highest BCUT2D eigenvalue weighted by molar-refractivity contribution is 8.00. The summed E-state index contributed by atoms with van der Waals surface area (Å²) < 4.78 is 0.322. The van der Waals surface area contributed by atoms with Crippen molar-refractivity contribution in [1.82, 2.24) is 5.32 Å². The highest BCUT2D eigenvalue weighted by Crippen LogP contribution is 2.39. The molecule has 0 heterocycles. The summed E-state index contributed by atoms with van der Waals surface area (Å²) in [5.41, 5.74) is 0. The standard InChI is InChI=1S/C12H22ClNOS/c1-16-12(7-3-4-8-12)10-14-11(15)6-2-5-9-13/h2-10H2,1H3,(H,14,15). The molecule has 1 fully saturated rings. The van der Waals surface area contributed by atoms with Crippen molar-refractivity contribution in [3.8, 4) is 0 Å². The zero-order chi connectivity index (χ0) is 11.9. The van der Waals surface area contributed by atoms with E-state index >= 15 is 0 Å². The largest absolute Gasteiger partial charge is 0.355 e. The van der Waals surface area contributed by atoms with Gasteiger partial charge in [-0.05, 0) is 31.9 Å². The summed E-state index contributed by atoms with van der Waals surface area (Å²) in [6, 6.07) is 0. The number of halogens is 1. The van der Waals surface area contributed by atoms with Crippen molar-refractivity contribution in [3.63, 3.8) is 0 Å². The zero-order valence-corrected chi connectivity index (χ0v) is 11.6. The molecule has 0 atom stereocenters. The van der Waals surface area contributed by atoms with Crippen molar-refractivity contribution in [1.29, 1.82) is 0 Å². The van der Waals surface area contributed by atoms with Crippen molar-refractivity contribution in [2.24, 2.45) is 0 Å². The van der Waals surface area contributed by atoms with Gasteiger partial charge in [-0.1, -0.05) is 12.8 Å². The highest BCUT2D eigenvalue weighted by Gasteiger charge is 2.32. The number of carbonyl (C=O) groups is 1. The summed E-state index contributed by atoms with van der Waals surface area (Å²) in [5.74, 6) is 0.840. The smallest absolute Gasteiger partial charge is 0.220 e.